The third-order valence-electron chi connectivity index (χ3n) is 6.15. The standard InChI is InChI=1S/C25H25F3N4O3/c1-2-3-6-13-32-24(35)18-8-5-4-7-17(18)21(31-32)23(34)30-29-22(33)20-14-19(20)15-9-11-16(12-10-15)25(26,27)28/h4-5,7-12,19-20H,2-3,6,13-14H2,1H3,(H,29,33)(H,30,34). The molecule has 35 heavy (non-hydrogen) atoms. The van der Waals surface area contributed by atoms with E-state index in [1.165, 1.54) is 16.8 Å². The first-order chi connectivity index (χ1) is 16.7. The molecule has 1 saturated carbocycles. The highest BCUT2D eigenvalue weighted by Crippen LogP contribution is 2.47. The van der Waals surface area contributed by atoms with E-state index >= 15 is 0 Å². The second-order valence-electron chi connectivity index (χ2n) is 8.64. The van der Waals surface area contributed by atoms with Crippen LogP contribution >= 0.6 is 0 Å². The minimum Gasteiger partial charge on any atom is -0.273 e. The number of hydrogen-bond donors (Lipinski definition) is 2. The fourth-order valence-electron chi connectivity index (χ4n) is 4.11. The molecule has 7 nitrogen and oxygen atoms in total. The Morgan fingerprint density at radius 3 is 2.37 bits per heavy atom. The summed E-state index contributed by atoms with van der Waals surface area (Å²) in [5, 5.41) is 4.99. The molecule has 1 fully saturated rings. The lowest BCUT2D eigenvalue weighted by atomic mass is 10.1. The predicted octanol–water partition coefficient (Wildman–Crippen LogP) is 4.17. The fourth-order valence-corrected chi connectivity index (χ4v) is 4.11. The summed E-state index contributed by atoms with van der Waals surface area (Å²) < 4.78 is 39.5. The van der Waals surface area contributed by atoms with E-state index in [-0.39, 0.29) is 17.2 Å². The molecule has 1 aliphatic rings. The van der Waals surface area contributed by atoms with Crippen LogP contribution in [0, 0.1) is 5.92 Å². The Bertz CT molecular complexity index is 1300. The molecule has 0 aliphatic heterocycles. The molecule has 2 unspecified atom stereocenters. The van der Waals surface area contributed by atoms with Crippen molar-refractivity contribution in [2.75, 3.05) is 0 Å². The molecule has 1 heterocycles. The third kappa shape index (κ3) is 5.36. The van der Waals surface area contributed by atoms with Crippen molar-refractivity contribution in [1.82, 2.24) is 20.6 Å². The van der Waals surface area contributed by atoms with Gasteiger partial charge in [-0.25, -0.2) is 4.68 Å². The summed E-state index contributed by atoms with van der Waals surface area (Å²) in [6, 6.07) is 11.4. The third-order valence-corrected chi connectivity index (χ3v) is 6.15. The van der Waals surface area contributed by atoms with Crippen LogP contribution in [0.4, 0.5) is 13.2 Å². The van der Waals surface area contributed by atoms with Crippen molar-refractivity contribution in [2.45, 2.75) is 51.2 Å². The van der Waals surface area contributed by atoms with Gasteiger partial charge >= 0.3 is 6.18 Å². The number of rotatable bonds is 7. The van der Waals surface area contributed by atoms with Crippen molar-refractivity contribution in [2.24, 2.45) is 5.92 Å². The van der Waals surface area contributed by atoms with Gasteiger partial charge in [0.15, 0.2) is 5.69 Å². The van der Waals surface area contributed by atoms with Gasteiger partial charge in [-0.05, 0) is 42.5 Å². The lowest BCUT2D eigenvalue weighted by Gasteiger charge is -2.12. The van der Waals surface area contributed by atoms with Crippen LogP contribution in [-0.2, 0) is 17.5 Å². The summed E-state index contributed by atoms with van der Waals surface area (Å²) in [5.74, 6) is -1.78. The zero-order chi connectivity index (χ0) is 25.2. The van der Waals surface area contributed by atoms with Crippen molar-refractivity contribution in [1.29, 1.82) is 0 Å². The van der Waals surface area contributed by atoms with Crippen LogP contribution in [0.2, 0.25) is 0 Å². The smallest absolute Gasteiger partial charge is 0.273 e. The van der Waals surface area contributed by atoms with Gasteiger partial charge < -0.3 is 0 Å². The van der Waals surface area contributed by atoms with Crippen molar-refractivity contribution in [3.63, 3.8) is 0 Å². The minimum absolute atomic E-state index is 0.0204. The molecule has 1 aromatic heterocycles. The van der Waals surface area contributed by atoms with Gasteiger partial charge in [0.05, 0.1) is 10.9 Å². The van der Waals surface area contributed by atoms with Crippen LogP contribution < -0.4 is 16.4 Å². The van der Waals surface area contributed by atoms with E-state index in [1.807, 2.05) is 6.92 Å². The molecule has 2 atom stereocenters. The van der Waals surface area contributed by atoms with Gasteiger partial charge in [0, 0.05) is 17.8 Å². The highest BCUT2D eigenvalue weighted by atomic mass is 19.4. The maximum Gasteiger partial charge on any atom is 0.416 e. The lowest BCUT2D eigenvalue weighted by molar-refractivity contribution is -0.137. The van der Waals surface area contributed by atoms with Gasteiger partial charge in [0.2, 0.25) is 5.91 Å². The molecule has 2 amide bonds. The zero-order valence-electron chi connectivity index (χ0n) is 19.1. The van der Waals surface area contributed by atoms with Crippen LogP contribution in [0.15, 0.2) is 53.3 Å². The van der Waals surface area contributed by atoms with Crippen LogP contribution in [0.25, 0.3) is 10.8 Å². The Balaban J connectivity index is 1.43. The van der Waals surface area contributed by atoms with Gasteiger partial charge in [0.1, 0.15) is 0 Å². The molecule has 0 saturated heterocycles. The number of carbonyl (C=O) groups is 2. The number of halogens is 3. The van der Waals surface area contributed by atoms with E-state index in [0.29, 0.717) is 29.3 Å². The summed E-state index contributed by atoms with van der Waals surface area (Å²) in [7, 11) is 0. The topological polar surface area (TPSA) is 93.1 Å². The number of fused-ring (bicyclic) bond motifs is 1. The fraction of sp³-hybridized carbons (Fsp3) is 0.360. The molecule has 2 N–H and O–H groups in total. The number of nitrogens with one attached hydrogen (secondary N) is 2. The van der Waals surface area contributed by atoms with Crippen molar-refractivity contribution < 1.29 is 22.8 Å². The number of aromatic nitrogens is 2. The van der Waals surface area contributed by atoms with Crippen molar-refractivity contribution in [3.05, 3.63) is 75.7 Å². The number of aryl methyl sites for hydroxylation is 1. The van der Waals surface area contributed by atoms with E-state index < -0.39 is 29.5 Å². The minimum atomic E-state index is -4.42. The average Bonchev–Trinajstić information content (AvgIpc) is 3.65. The molecular formula is C25H25F3N4O3. The summed E-state index contributed by atoms with van der Waals surface area (Å²) in [6.45, 7) is 2.42. The molecule has 1 aliphatic carbocycles. The molecule has 10 heteroatoms. The molecule has 0 radical (unpaired) electrons. The molecule has 3 aromatic rings. The normalized spacial score (nSPS) is 17.3. The van der Waals surface area contributed by atoms with E-state index in [9.17, 15) is 27.6 Å². The second-order valence-corrected chi connectivity index (χ2v) is 8.64. The highest BCUT2D eigenvalue weighted by molar-refractivity contribution is 6.05. The Morgan fingerprint density at radius 1 is 1.03 bits per heavy atom. The van der Waals surface area contributed by atoms with E-state index in [4.69, 9.17) is 0 Å². The summed E-state index contributed by atoms with van der Waals surface area (Å²) in [6.07, 6.45) is -1.32. The maximum atomic E-state index is 12.9. The van der Waals surface area contributed by atoms with Gasteiger partial charge in [-0.1, -0.05) is 50.1 Å². The number of unbranched alkanes of at least 4 members (excludes halogenated alkanes) is 2. The van der Waals surface area contributed by atoms with Crippen molar-refractivity contribution >= 4 is 22.6 Å². The second kappa shape index (κ2) is 9.89. The number of alkyl halides is 3. The summed E-state index contributed by atoms with van der Waals surface area (Å²) >= 11 is 0. The number of carbonyl (C=O) groups excluding carboxylic acids is 2. The Morgan fingerprint density at radius 2 is 1.71 bits per heavy atom. The zero-order valence-corrected chi connectivity index (χ0v) is 19.1. The molecule has 2 aromatic carbocycles. The molecular weight excluding hydrogens is 461 g/mol. The Kier molecular flexibility index (Phi) is 6.90. The number of amides is 2. The number of benzene rings is 2. The summed E-state index contributed by atoms with van der Waals surface area (Å²) in [4.78, 5) is 38.1. The first-order valence-corrected chi connectivity index (χ1v) is 11.5. The SMILES string of the molecule is CCCCCn1nc(C(=O)NNC(=O)C2CC2c2ccc(C(F)(F)F)cc2)c2ccccc2c1=O. The Hall–Kier alpha value is -3.69. The maximum absolute atomic E-state index is 12.9. The van der Waals surface area contributed by atoms with Gasteiger partial charge in [-0.15, -0.1) is 0 Å². The van der Waals surface area contributed by atoms with Crippen molar-refractivity contribution in [3.8, 4) is 0 Å². The van der Waals surface area contributed by atoms with Gasteiger partial charge in [-0.2, -0.15) is 18.3 Å². The highest BCUT2D eigenvalue weighted by Gasteiger charge is 2.44. The number of nitrogens with zero attached hydrogens (tertiary/aromatic N) is 2. The van der Waals surface area contributed by atoms with Crippen LogP contribution in [0.1, 0.15) is 60.1 Å². The average molecular weight is 486 g/mol. The number of hydrazine groups is 1. The van der Waals surface area contributed by atoms with E-state index in [0.717, 1.165) is 31.4 Å². The quantitative estimate of drug-likeness (QED) is 0.387. The number of hydrogen-bond acceptors (Lipinski definition) is 4. The molecule has 184 valence electrons. The van der Waals surface area contributed by atoms with E-state index in [2.05, 4.69) is 16.0 Å². The summed E-state index contributed by atoms with van der Waals surface area (Å²) in [5.41, 5.74) is 4.37. The van der Waals surface area contributed by atoms with Crippen LogP contribution in [-0.4, -0.2) is 21.6 Å². The monoisotopic (exact) mass is 486 g/mol. The van der Waals surface area contributed by atoms with Crippen LogP contribution in [0.5, 0.6) is 0 Å². The van der Waals surface area contributed by atoms with E-state index in [1.54, 1.807) is 24.3 Å². The molecule has 4 rings (SSSR count). The largest absolute Gasteiger partial charge is 0.416 e. The molecule has 0 bridgehead atoms. The first-order valence-electron chi connectivity index (χ1n) is 11.5. The lowest BCUT2D eigenvalue weighted by Crippen LogP contribution is -2.43. The van der Waals surface area contributed by atoms with Crippen LogP contribution in [0.3, 0.4) is 0 Å². The van der Waals surface area contributed by atoms with Gasteiger partial charge in [-0.3, -0.25) is 25.2 Å². The van der Waals surface area contributed by atoms with Gasteiger partial charge in [0.25, 0.3) is 11.5 Å². The first kappa shape index (κ1) is 24.4. The predicted molar refractivity (Wildman–Crippen MR) is 123 cm³/mol. The Labute approximate surface area is 199 Å². The molecule has 0 spiro atoms.